The van der Waals surface area contributed by atoms with E-state index in [2.05, 4.69) is 36.4 Å². The molecule has 0 radical (unpaired) electrons. The minimum Gasteiger partial charge on any atom is -0.342 e. The van der Waals surface area contributed by atoms with Gasteiger partial charge in [0.15, 0.2) is 11.5 Å². The number of pyridine rings is 2. The SMILES string of the molecule is CC(NC(=O)c1cccnc1Br)c1nnc2ccccn12. The predicted molar refractivity (Wildman–Crippen MR) is 80.8 cm³/mol. The Bertz CT molecular complexity index is 801. The molecule has 0 aliphatic heterocycles. The summed E-state index contributed by atoms with van der Waals surface area (Å²) in [6.07, 6.45) is 3.49. The van der Waals surface area contributed by atoms with Gasteiger partial charge in [-0.05, 0) is 47.1 Å². The molecule has 0 aliphatic rings. The Hall–Kier alpha value is -2.28. The van der Waals surface area contributed by atoms with Gasteiger partial charge in [0.1, 0.15) is 4.60 Å². The third-order valence-electron chi connectivity index (χ3n) is 3.08. The average molecular weight is 346 g/mol. The lowest BCUT2D eigenvalue weighted by atomic mass is 10.2. The molecule has 0 bridgehead atoms. The van der Waals surface area contributed by atoms with Crippen molar-refractivity contribution in [2.75, 3.05) is 0 Å². The van der Waals surface area contributed by atoms with Crippen molar-refractivity contribution in [1.29, 1.82) is 0 Å². The number of carbonyl (C=O) groups excluding carboxylic acids is 1. The van der Waals surface area contributed by atoms with Crippen LogP contribution in [-0.4, -0.2) is 25.5 Å². The molecule has 0 spiro atoms. The maximum absolute atomic E-state index is 12.3. The van der Waals surface area contributed by atoms with E-state index < -0.39 is 0 Å². The van der Waals surface area contributed by atoms with Crippen molar-refractivity contribution in [2.45, 2.75) is 13.0 Å². The smallest absolute Gasteiger partial charge is 0.254 e. The Morgan fingerprint density at radius 2 is 2.14 bits per heavy atom. The Kier molecular flexibility index (Phi) is 3.66. The van der Waals surface area contributed by atoms with E-state index >= 15 is 0 Å². The maximum Gasteiger partial charge on any atom is 0.254 e. The van der Waals surface area contributed by atoms with Crippen molar-refractivity contribution in [2.24, 2.45) is 0 Å². The van der Waals surface area contributed by atoms with Crippen molar-refractivity contribution in [3.8, 4) is 0 Å². The molecule has 0 fully saturated rings. The lowest BCUT2D eigenvalue weighted by Crippen LogP contribution is -2.28. The van der Waals surface area contributed by atoms with E-state index in [1.807, 2.05) is 35.7 Å². The zero-order valence-electron chi connectivity index (χ0n) is 11.2. The molecule has 1 atom stereocenters. The van der Waals surface area contributed by atoms with Gasteiger partial charge >= 0.3 is 0 Å². The van der Waals surface area contributed by atoms with Crippen molar-refractivity contribution < 1.29 is 4.79 Å². The van der Waals surface area contributed by atoms with Gasteiger partial charge < -0.3 is 5.32 Å². The van der Waals surface area contributed by atoms with Crippen molar-refractivity contribution in [1.82, 2.24) is 24.9 Å². The highest BCUT2D eigenvalue weighted by molar-refractivity contribution is 9.10. The lowest BCUT2D eigenvalue weighted by Gasteiger charge is -2.12. The summed E-state index contributed by atoms with van der Waals surface area (Å²) in [6, 6.07) is 8.80. The van der Waals surface area contributed by atoms with Crippen molar-refractivity contribution >= 4 is 27.5 Å². The third-order valence-corrected chi connectivity index (χ3v) is 3.71. The normalized spacial score (nSPS) is 12.3. The van der Waals surface area contributed by atoms with E-state index in [0.29, 0.717) is 16.0 Å². The molecule has 21 heavy (non-hydrogen) atoms. The summed E-state index contributed by atoms with van der Waals surface area (Å²) in [6.45, 7) is 1.87. The number of nitrogens with zero attached hydrogens (tertiary/aromatic N) is 4. The lowest BCUT2D eigenvalue weighted by molar-refractivity contribution is 0.0937. The number of carbonyl (C=O) groups is 1. The zero-order valence-corrected chi connectivity index (χ0v) is 12.8. The fourth-order valence-electron chi connectivity index (χ4n) is 2.05. The van der Waals surface area contributed by atoms with E-state index in [-0.39, 0.29) is 11.9 Å². The fraction of sp³-hybridized carbons (Fsp3) is 0.143. The number of hydrogen-bond acceptors (Lipinski definition) is 4. The first-order valence-corrected chi connectivity index (χ1v) is 7.17. The predicted octanol–water partition coefficient (Wildman–Crippen LogP) is 2.38. The molecular weight excluding hydrogens is 334 g/mol. The number of fused-ring (bicyclic) bond motifs is 1. The molecule has 6 nitrogen and oxygen atoms in total. The van der Waals surface area contributed by atoms with Crippen LogP contribution in [0.5, 0.6) is 0 Å². The monoisotopic (exact) mass is 345 g/mol. The first-order chi connectivity index (χ1) is 10.2. The summed E-state index contributed by atoms with van der Waals surface area (Å²) >= 11 is 3.27. The summed E-state index contributed by atoms with van der Waals surface area (Å²) in [5, 5.41) is 11.1. The number of rotatable bonds is 3. The minimum absolute atomic E-state index is 0.213. The maximum atomic E-state index is 12.3. The second-order valence-corrected chi connectivity index (χ2v) is 5.28. The Morgan fingerprint density at radius 1 is 1.29 bits per heavy atom. The Balaban J connectivity index is 1.85. The van der Waals surface area contributed by atoms with Crippen LogP contribution in [0.25, 0.3) is 5.65 Å². The average Bonchev–Trinajstić information content (AvgIpc) is 2.91. The molecule has 106 valence electrons. The summed E-state index contributed by atoms with van der Waals surface area (Å²) < 4.78 is 2.37. The van der Waals surface area contributed by atoms with Gasteiger partial charge in [-0.3, -0.25) is 9.20 Å². The second kappa shape index (κ2) is 5.61. The van der Waals surface area contributed by atoms with E-state index in [4.69, 9.17) is 0 Å². The van der Waals surface area contributed by atoms with Crippen LogP contribution in [0.4, 0.5) is 0 Å². The van der Waals surface area contributed by atoms with Gasteiger partial charge in [0.25, 0.3) is 5.91 Å². The topological polar surface area (TPSA) is 72.2 Å². The van der Waals surface area contributed by atoms with E-state index in [1.165, 1.54) is 0 Å². The van der Waals surface area contributed by atoms with Gasteiger partial charge in [0.05, 0.1) is 11.6 Å². The molecule has 3 heterocycles. The molecular formula is C14H12BrN5O. The molecule has 3 aromatic rings. The zero-order chi connectivity index (χ0) is 14.8. The number of amides is 1. The molecule has 0 saturated heterocycles. The van der Waals surface area contributed by atoms with Crippen LogP contribution in [0.2, 0.25) is 0 Å². The van der Waals surface area contributed by atoms with E-state index in [1.54, 1.807) is 18.3 Å². The molecule has 3 aromatic heterocycles. The largest absolute Gasteiger partial charge is 0.342 e. The van der Waals surface area contributed by atoms with Crippen LogP contribution in [0.3, 0.4) is 0 Å². The van der Waals surface area contributed by atoms with Gasteiger partial charge in [-0.25, -0.2) is 4.98 Å². The molecule has 0 aromatic carbocycles. The molecule has 7 heteroatoms. The van der Waals surface area contributed by atoms with Crippen molar-refractivity contribution in [3.63, 3.8) is 0 Å². The van der Waals surface area contributed by atoms with E-state index in [9.17, 15) is 4.79 Å². The summed E-state index contributed by atoms with van der Waals surface area (Å²) in [7, 11) is 0. The van der Waals surface area contributed by atoms with Gasteiger partial charge in [-0.15, -0.1) is 10.2 Å². The quantitative estimate of drug-likeness (QED) is 0.739. The van der Waals surface area contributed by atoms with Crippen LogP contribution in [0.1, 0.15) is 29.1 Å². The highest BCUT2D eigenvalue weighted by Gasteiger charge is 2.18. The number of aromatic nitrogens is 4. The Labute approximate surface area is 129 Å². The number of nitrogens with one attached hydrogen (secondary N) is 1. The number of hydrogen-bond donors (Lipinski definition) is 1. The molecule has 0 aliphatic carbocycles. The molecule has 1 unspecified atom stereocenters. The third kappa shape index (κ3) is 2.64. The standard InChI is InChI=1S/C14H12BrN5O/c1-9(13-19-18-11-6-2-3-8-20(11)13)17-14(21)10-5-4-7-16-12(10)15/h2-9H,1H3,(H,17,21). The van der Waals surface area contributed by atoms with Crippen LogP contribution < -0.4 is 5.32 Å². The molecule has 0 saturated carbocycles. The Morgan fingerprint density at radius 3 is 2.95 bits per heavy atom. The van der Waals surface area contributed by atoms with Crippen molar-refractivity contribution in [3.05, 3.63) is 58.7 Å². The molecule has 3 rings (SSSR count). The molecule has 1 amide bonds. The summed E-state index contributed by atoms with van der Waals surface area (Å²) in [4.78, 5) is 16.3. The van der Waals surface area contributed by atoms with Crippen LogP contribution in [0.15, 0.2) is 47.3 Å². The second-order valence-electron chi connectivity index (χ2n) is 4.52. The van der Waals surface area contributed by atoms with Gasteiger partial charge in [0, 0.05) is 12.4 Å². The van der Waals surface area contributed by atoms with Crippen LogP contribution in [0, 0.1) is 0 Å². The van der Waals surface area contributed by atoms with Gasteiger partial charge in [-0.1, -0.05) is 6.07 Å². The van der Waals surface area contributed by atoms with Crippen LogP contribution >= 0.6 is 15.9 Å². The summed E-state index contributed by atoms with van der Waals surface area (Å²) in [5.74, 6) is 0.467. The highest BCUT2D eigenvalue weighted by atomic mass is 79.9. The van der Waals surface area contributed by atoms with Crippen LogP contribution in [-0.2, 0) is 0 Å². The number of halogens is 1. The molecule has 1 N–H and O–H groups in total. The van der Waals surface area contributed by atoms with Gasteiger partial charge in [-0.2, -0.15) is 0 Å². The first-order valence-electron chi connectivity index (χ1n) is 6.38. The van der Waals surface area contributed by atoms with Gasteiger partial charge in [0.2, 0.25) is 0 Å². The van der Waals surface area contributed by atoms with E-state index in [0.717, 1.165) is 5.65 Å². The fourth-order valence-corrected chi connectivity index (χ4v) is 2.48. The summed E-state index contributed by atoms with van der Waals surface area (Å²) in [5.41, 5.74) is 1.23. The first kappa shape index (κ1) is 13.7. The minimum atomic E-state index is -0.276. The highest BCUT2D eigenvalue weighted by Crippen LogP contribution is 2.16.